The average molecular weight is 208 g/mol. The maximum Gasteiger partial charge on any atom is 0.123 e. The Hall–Kier alpha value is -1.06. The molecule has 3 heteroatoms. The van der Waals surface area contributed by atoms with Crippen molar-refractivity contribution < 1.29 is 14.2 Å². The number of benzene rings is 1. The summed E-state index contributed by atoms with van der Waals surface area (Å²) in [6.07, 6.45) is 0. The van der Waals surface area contributed by atoms with Crippen LogP contribution in [0.1, 0.15) is 12.5 Å². The van der Waals surface area contributed by atoms with E-state index in [9.17, 15) is 0 Å². The highest BCUT2D eigenvalue weighted by Gasteiger charge is 2.40. The molecule has 3 nitrogen and oxygen atoms in total. The molecule has 0 bridgehead atoms. The van der Waals surface area contributed by atoms with Gasteiger partial charge in [-0.05, 0) is 24.6 Å². The van der Waals surface area contributed by atoms with Crippen LogP contribution in [0.15, 0.2) is 24.3 Å². The van der Waals surface area contributed by atoms with Gasteiger partial charge < -0.3 is 14.2 Å². The topological polar surface area (TPSA) is 31.0 Å². The summed E-state index contributed by atoms with van der Waals surface area (Å²) >= 11 is 0. The molecule has 1 atom stereocenters. The molecule has 0 spiro atoms. The van der Waals surface area contributed by atoms with Gasteiger partial charge in [0, 0.05) is 7.11 Å². The molecule has 82 valence electrons. The van der Waals surface area contributed by atoms with Gasteiger partial charge in [-0.1, -0.05) is 12.1 Å². The summed E-state index contributed by atoms with van der Waals surface area (Å²) in [6.45, 7) is 4.07. The average Bonchev–Trinajstić information content (AvgIpc) is 2.96. The lowest BCUT2D eigenvalue weighted by Crippen LogP contribution is -2.16. The van der Waals surface area contributed by atoms with Crippen molar-refractivity contribution in [1.82, 2.24) is 0 Å². The Labute approximate surface area is 90.0 Å². The van der Waals surface area contributed by atoms with E-state index in [4.69, 9.17) is 14.2 Å². The molecule has 0 aliphatic carbocycles. The van der Waals surface area contributed by atoms with E-state index in [-0.39, 0.29) is 5.60 Å². The van der Waals surface area contributed by atoms with Crippen LogP contribution in [0.3, 0.4) is 0 Å². The standard InChI is InChI=1S/C12H16O3/c1-12(9-15-12)8-14-11-5-3-4-10(6-11)7-13-2/h3-6H,7-9H2,1-2H3. The number of rotatable bonds is 5. The molecule has 1 unspecified atom stereocenters. The quantitative estimate of drug-likeness (QED) is 0.693. The summed E-state index contributed by atoms with van der Waals surface area (Å²) in [5.41, 5.74) is 1.06. The Kier molecular flexibility index (Phi) is 2.93. The molecule has 0 N–H and O–H groups in total. The minimum absolute atomic E-state index is 0.0583. The summed E-state index contributed by atoms with van der Waals surface area (Å²) in [5, 5.41) is 0. The van der Waals surface area contributed by atoms with Crippen LogP contribution in [-0.4, -0.2) is 25.9 Å². The van der Waals surface area contributed by atoms with Crippen molar-refractivity contribution >= 4 is 0 Å². The monoisotopic (exact) mass is 208 g/mol. The lowest BCUT2D eigenvalue weighted by Gasteiger charge is -2.09. The third-order valence-electron chi connectivity index (χ3n) is 2.39. The van der Waals surface area contributed by atoms with Gasteiger partial charge in [0.05, 0.1) is 13.2 Å². The van der Waals surface area contributed by atoms with E-state index < -0.39 is 0 Å². The lowest BCUT2D eigenvalue weighted by atomic mass is 10.2. The van der Waals surface area contributed by atoms with Gasteiger partial charge in [-0.3, -0.25) is 0 Å². The largest absolute Gasteiger partial charge is 0.490 e. The number of epoxide rings is 1. The van der Waals surface area contributed by atoms with Crippen molar-refractivity contribution in [2.45, 2.75) is 19.1 Å². The van der Waals surface area contributed by atoms with Crippen LogP contribution < -0.4 is 4.74 Å². The van der Waals surface area contributed by atoms with Crippen molar-refractivity contribution in [1.29, 1.82) is 0 Å². The summed E-state index contributed by atoms with van der Waals surface area (Å²) in [7, 11) is 1.69. The van der Waals surface area contributed by atoms with Crippen LogP contribution in [0.4, 0.5) is 0 Å². The smallest absolute Gasteiger partial charge is 0.123 e. The molecule has 0 amide bonds. The minimum Gasteiger partial charge on any atom is -0.490 e. The van der Waals surface area contributed by atoms with Crippen LogP contribution in [0.2, 0.25) is 0 Å². The van der Waals surface area contributed by atoms with Gasteiger partial charge in [-0.15, -0.1) is 0 Å². The van der Waals surface area contributed by atoms with Gasteiger partial charge in [0.1, 0.15) is 18.0 Å². The van der Waals surface area contributed by atoms with E-state index >= 15 is 0 Å². The fraction of sp³-hybridized carbons (Fsp3) is 0.500. The van der Waals surface area contributed by atoms with E-state index in [0.29, 0.717) is 13.2 Å². The van der Waals surface area contributed by atoms with E-state index in [1.54, 1.807) is 7.11 Å². The van der Waals surface area contributed by atoms with Crippen LogP contribution >= 0.6 is 0 Å². The van der Waals surface area contributed by atoms with E-state index in [1.165, 1.54) is 0 Å². The molecule has 1 fully saturated rings. The highest BCUT2D eigenvalue weighted by molar-refractivity contribution is 5.28. The SMILES string of the molecule is COCc1cccc(OCC2(C)CO2)c1. The van der Waals surface area contributed by atoms with Crippen molar-refractivity contribution in [3.05, 3.63) is 29.8 Å². The molecule has 1 aromatic carbocycles. The molecule has 0 radical (unpaired) electrons. The zero-order valence-electron chi connectivity index (χ0n) is 9.16. The number of ether oxygens (including phenoxy) is 3. The zero-order valence-corrected chi connectivity index (χ0v) is 9.16. The van der Waals surface area contributed by atoms with E-state index in [1.807, 2.05) is 31.2 Å². The van der Waals surface area contributed by atoms with Crippen molar-refractivity contribution in [3.63, 3.8) is 0 Å². The maximum atomic E-state index is 5.64. The summed E-state index contributed by atoms with van der Waals surface area (Å²) in [4.78, 5) is 0. The molecule has 1 aromatic rings. The molecule has 0 aromatic heterocycles. The first-order valence-electron chi connectivity index (χ1n) is 5.06. The third-order valence-corrected chi connectivity index (χ3v) is 2.39. The highest BCUT2D eigenvalue weighted by atomic mass is 16.6. The van der Waals surface area contributed by atoms with Crippen LogP contribution in [-0.2, 0) is 16.1 Å². The second-order valence-electron chi connectivity index (χ2n) is 4.11. The Morgan fingerprint density at radius 2 is 2.27 bits per heavy atom. The van der Waals surface area contributed by atoms with E-state index in [2.05, 4.69) is 0 Å². The van der Waals surface area contributed by atoms with Crippen LogP contribution in [0.25, 0.3) is 0 Å². The molecular formula is C12H16O3. The van der Waals surface area contributed by atoms with Gasteiger partial charge in [0.2, 0.25) is 0 Å². The normalized spacial score (nSPS) is 23.9. The Morgan fingerprint density at radius 3 is 2.93 bits per heavy atom. The van der Waals surface area contributed by atoms with Crippen molar-refractivity contribution in [2.75, 3.05) is 20.3 Å². The molecule has 1 saturated heterocycles. The van der Waals surface area contributed by atoms with Gasteiger partial charge in [-0.2, -0.15) is 0 Å². The molecule has 0 saturated carbocycles. The summed E-state index contributed by atoms with van der Waals surface area (Å²) in [5.74, 6) is 0.876. The number of hydrogen-bond donors (Lipinski definition) is 0. The van der Waals surface area contributed by atoms with Gasteiger partial charge in [0.25, 0.3) is 0 Å². The predicted octanol–water partition coefficient (Wildman–Crippen LogP) is 2.00. The molecule has 1 aliphatic rings. The second kappa shape index (κ2) is 4.21. The highest BCUT2D eigenvalue weighted by Crippen LogP contribution is 2.27. The summed E-state index contributed by atoms with van der Waals surface area (Å²) in [6, 6.07) is 7.94. The Balaban J connectivity index is 1.92. The fourth-order valence-corrected chi connectivity index (χ4v) is 1.33. The third kappa shape index (κ3) is 2.94. The molecule has 1 aliphatic heterocycles. The van der Waals surface area contributed by atoms with Crippen LogP contribution in [0.5, 0.6) is 5.75 Å². The lowest BCUT2D eigenvalue weighted by molar-refractivity contribution is 0.183. The predicted molar refractivity (Wildman–Crippen MR) is 57.0 cm³/mol. The van der Waals surface area contributed by atoms with E-state index in [0.717, 1.165) is 17.9 Å². The van der Waals surface area contributed by atoms with Gasteiger partial charge >= 0.3 is 0 Å². The molecule has 15 heavy (non-hydrogen) atoms. The molecule has 2 rings (SSSR count). The minimum atomic E-state index is -0.0583. The first-order chi connectivity index (χ1) is 7.22. The van der Waals surface area contributed by atoms with Crippen molar-refractivity contribution in [3.8, 4) is 5.75 Å². The maximum absolute atomic E-state index is 5.64. The fourth-order valence-electron chi connectivity index (χ4n) is 1.33. The van der Waals surface area contributed by atoms with Gasteiger partial charge in [0.15, 0.2) is 0 Å². The molecular weight excluding hydrogens is 192 g/mol. The molecule has 1 heterocycles. The van der Waals surface area contributed by atoms with Gasteiger partial charge in [-0.25, -0.2) is 0 Å². The van der Waals surface area contributed by atoms with Crippen LogP contribution in [0, 0.1) is 0 Å². The Bertz CT molecular complexity index is 331. The second-order valence-corrected chi connectivity index (χ2v) is 4.11. The number of methoxy groups -OCH3 is 1. The first kappa shape index (κ1) is 10.5. The Morgan fingerprint density at radius 1 is 1.47 bits per heavy atom. The summed E-state index contributed by atoms with van der Waals surface area (Å²) < 4.78 is 15.9. The first-order valence-corrected chi connectivity index (χ1v) is 5.06. The zero-order chi connectivity index (χ0) is 10.7. The number of hydrogen-bond acceptors (Lipinski definition) is 3. The van der Waals surface area contributed by atoms with Crippen molar-refractivity contribution in [2.24, 2.45) is 0 Å².